The number of carbonyl (C=O) groups is 2. The van der Waals surface area contributed by atoms with Gasteiger partial charge in [-0.25, -0.2) is 4.39 Å². The van der Waals surface area contributed by atoms with E-state index in [1.54, 1.807) is 0 Å². The van der Waals surface area contributed by atoms with E-state index in [4.69, 9.17) is 11.6 Å². The minimum Gasteiger partial charge on any atom is -0.373 e. The summed E-state index contributed by atoms with van der Waals surface area (Å²) in [7, 11) is 0. The van der Waals surface area contributed by atoms with Gasteiger partial charge in [0.1, 0.15) is 11.9 Å². The molecular formula is C15H18ClFN2O2. The van der Waals surface area contributed by atoms with E-state index in [9.17, 15) is 14.0 Å². The van der Waals surface area contributed by atoms with Crippen LogP contribution in [0.1, 0.15) is 33.1 Å². The molecule has 21 heavy (non-hydrogen) atoms. The molecule has 0 aromatic heterocycles. The summed E-state index contributed by atoms with van der Waals surface area (Å²) in [6, 6.07) is 3.46. The van der Waals surface area contributed by atoms with Crippen molar-refractivity contribution in [3.05, 3.63) is 29.0 Å². The zero-order valence-electron chi connectivity index (χ0n) is 12.0. The molecule has 1 aliphatic heterocycles. The summed E-state index contributed by atoms with van der Waals surface area (Å²) in [6.07, 6.45) is 1.59. The van der Waals surface area contributed by atoms with Gasteiger partial charge in [-0.3, -0.25) is 14.5 Å². The number of nitrogens with one attached hydrogen (secondary N) is 1. The smallest absolute Gasteiger partial charge is 0.252 e. The number of benzene rings is 1. The first-order valence-electron chi connectivity index (χ1n) is 7.05. The van der Waals surface area contributed by atoms with Gasteiger partial charge in [-0.1, -0.05) is 25.4 Å². The number of carbonyl (C=O) groups excluding carboxylic acids is 2. The predicted molar refractivity (Wildman–Crippen MR) is 79.7 cm³/mol. The Morgan fingerprint density at radius 1 is 1.38 bits per heavy atom. The van der Waals surface area contributed by atoms with Gasteiger partial charge in [0.05, 0.1) is 11.4 Å². The van der Waals surface area contributed by atoms with Crippen LogP contribution in [-0.2, 0) is 9.59 Å². The number of nitrogens with zero attached hydrogens (tertiary/aromatic N) is 1. The number of halogens is 2. The van der Waals surface area contributed by atoms with Gasteiger partial charge in [-0.05, 0) is 31.0 Å². The average Bonchev–Trinajstić information content (AvgIpc) is 2.72. The lowest BCUT2D eigenvalue weighted by atomic mass is 10.1. The number of likely N-dealkylation sites (tertiary alicyclic amines) is 1. The van der Waals surface area contributed by atoms with Crippen molar-refractivity contribution in [2.75, 3.05) is 5.32 Å². The quantitative estimate of drug-likeness (QED) is 0.849. The van der Waals surface area contributed by atoms with E-state index in [1.807, 2.05) is 13.8 Å². The molecule has 1 aromatic rings. The maximum absolute atomic E-state index is 13.1. The largest absolute Gasteiger partial charge is 0.373 e. The summed E-state index contributed by atoms with van der Waals surface area (Å²) < 4.78 is 13.1. The molecule has 2 rings (SSSR count). The van der Waals surface area contributed by atoms with Gasteiger partial charge in [0, 0.05) is 11.7 Å². The first kappa shape index (κ1) is 15.8. The van der Waals surface area contributed by atoms with Crippen LogP contribution >= 0.6 is 11.6 Å². The molecule has 0 aliphatic carbocycles. The van der Waals surface area contributed by atoms with Gasteiger partial charge in [0.2, 0.25) is 5.91 Å². The molecule has 1 fully saturated rings. The Kier molecular flexibility index (Phi) is 4.83. The molecule has 0 spiro atoms. The summed E-state index contributed by atoms with van der Waals surface area (Å²) in [6.45, 7) is 3.91. The number of anilines is 1. The fraction of sp³-hybridized carbons (Fsp3) is 0.467. The Morgan fingerprint density at radius 3 is 2.62 bits per heavy atom. The summed E-state index contributed by atoms with van der Waals surface area (Å²) in [5, 5.41) is 2.94. The molecule has 6 heteroatoms. The summed E-state index contributed by atoms with van der Waals surface area (Å²) in [5.41, 5.74) is 0.527. The minimum atomic E-state index is -0.611. The van der Waals surface area contributed by atoms with Gasteiger partial charge in [-0.15, -0.1) is 0 Å². The maximum Gasteiger partial charge on any atom is 0.252 e. The van der Waals surface area contributed by atoms with Crippen LogP contribution in [-0.4, -0.2) is 28.8 Å². The monoisotopic (exact) mass is 312 g/mol. The zero-order valence-corrected chi connectivity index (χ0v) is 12.8. The van der Waals surface area contributed by atoms with E-state index in [1.165, 1.54) is 23.1 Å². The molecule has 2 amide bonds. The van der Waals surface area contributed by atoms with Crippen LogP contribution in [0.25, 0.3) is 0 Å². The number of imide groups is 1. The molecule has 1 N–H and O–H groups in total. The lowest BCUT2D eigenvalue weighted by Crippen LogP contribution is -2.41. The van der Waals surface area contributed by atoms with Crippen molar-refractivity contribution in [3.8, 4) is 0 Å². The Balaban J connectivity index is 2.13. The lowest BCUT2D eigenvalue weighted by molar-refractivity contribution is -0.141. The standard InChI is InChI=1S/C15H18ClFN2O2/c1-3-10(4-2)19-14(20)8-13(15(19)21)18-9-5-6-12(17)11(16)7-9/h5-7,10,13,18H,3-4,8H2,1-2H3. The fourth-order valence-corrected chi connectivity index (χ4v) is 2.77. The van der Waals surface area contributed by atoms with Gasteiger partial charge in [-0.2, -0.15) is 0 Å². The van der Waals surface area contributed by atoms with Gasteiger partial charge in [0.15, 0.2) is 0 Å². The Morgan fingerprint density at radius 2 is 2.05 bits per heavy atom. The van der Waals surface area contributed by atoms with Crippen molar-refractivity contribution in [2.24, 2.45) is 0 Å². The third-order valence-electron chi connectivity index (χ3n) is 3.75. The minimum absolute atomic E-state index is 0.0198. The van der Waals surface area contributed by atoms with E-state index in [0.717, 1.165) is 12.8 Å². The van der Waals surface area contributed by atoms with Gasteiger partial charge >= 0.3 is 0 Å². The zero-order chi connectivity index (χ0) is 15.6. The van der Waals surface area contributed by atoms with Crippen molar-refractivity contribution in [1.82, 2.24) is 4.90 Å². The van der Waals surface area contributed by atoms with Crippen molar-refractivity contribution in [1.29, 1.82) is 0 Å². The second kappa shape index (κ2) is 6.43. The number of hydrogen-bond acceptors (Lipinski definition) is 3. The Bertz CT molecular complexity index is 561. The number of amides is 2. The number of hydrogen-bond donors (Lipinski definition) is 1. The molecule has 1 unspecified atom stereocenters. The van der Waals surface area contributed by atoms with E-state index < -0.39 is 11.9 Å². The van der Waals surface area contributed by atoms with Crippen LogP contribution < -0.4 is 5.32 Å². The molecule has 0 bridgehead atoms. The predicted octanol–water partition coefficient (Wildman–Crippen LogP) is 3.21. The van der Waals surface area contributed by atoms with E-state index in [-0.39, 0.29) is 29.3 Å². The molecule has 1 saturated heterocycles. The molecule has 1 aromatic carbocycles. The summed E-state index contributed by atoms with van der Waals surface area (Å²) in [4.78, 5) is 25.8. The average molecular weight is 313 g/mol. The molecule has 114 valence electrons. The van der Waals surface area contributed by atoms with Gasteiger partial charge < -0.3 is 5.32 Å². The van der Waals surface area contributed by atoms with Crippen LogP contribution in [0, 0.1) is 5.82 Å². The van der Waals surface area contributed by atoms with Gasteiger partial charge in [0.25, 0.3) is 5.91 Å². The fourth-order valence-electron chi connectivity index (χ4n) is 2.59. The van der Waals surface area contributed by atoms with Crippen LogP contribution in [0.5, 0.6) is 0 Å². The second-order valence-electron chi connectivity index (χ2n) is 5.10. The van der Waals surface area contributed by atoms with Crippen molar-refractivity contribution < 1.29 is 14.0 Å². The molecule has 0 saturated carbocycles. The molecular weight excluding hydrogens is 295 g/mol. The second-order valence-corrected chi connectivity index (χ2v) is 5.51. The Hall–Kier alpha value is -1.62. The normalized spacial score (nSPS) is 18.7. The van der Waals surface area contributed by atoms with Crippen molar-refractivity contribution in [2.45, 2.75) is 45.2 Å². The first-order valence-corrected chi connectivity index (χ1v) is 7.43. The van der Waals surface area contributed by atoms with E-state index in [2.05, 4.69) is 5.32 Å². The molecule has 0 radical (unpaired) electrons. The maximum atomic E-state index is 13.1. The van der Waals surface area contributed by atoms with Crippen LogP contribution in [0.3, 0.4) is 0 Å². The van der Waals surface area contributed by atoms with Crippen molar-refractivity contribution >= 4 is 29.1 Å². The highest BCUT2D eigenvalue weighted by atomic mass is 35.5. The van der Waals surface area contributed by atoms with E-state index in [0.29, 0.717) is 5.69 Å². The molecule has 1 atom stereocenters. The topological polar surface area (TPSA) is 49.4 Å². The summed E-state index contributed by atoms with van der Waals surface area (Å²) in [5.74, 6) is -0.914. The third kappa shape index (κ3) is 3.18. The van der Waals surface area contributed by atoms with Crippen LogP contribution in [0.2, 0.25) is 5.02 Å². The van der Waals surface area contributed by atoms with Crippen molar-refractivity contribution in [3.63, 3.8) is 0 Å². The van der Waals surface area contributed by atoms with Crippen LogP contribution in [0.15, 0.2) is 18.2 Å². The first-order chi connectivity index (χ1) is 9.97. The summed E-state index contributed by atoms with van der Waals surface area (Å²) >= 11 is 5.71. The molecule has 1 aliphatic rings. The highest BCUT2D eigenvalue weighted by Gasteiger charge is 2.41. The van der Waals surface area contributed by atoms with Crippen LogP contribution in [0.4, 0.5) is 10.1 Å². The highest BCUT2D eigenvalue weighted by molar-refractivity contribution is 6.31. The Labute approximate surface area is 128 Å². The lowest BCUT2D eigenvalue weighted by Gasteiger charge is -2.24. The van der Waals surface area contributed by atoms with E-state index >= 15 is 0 Å². The molecule has 4 nitrogen and oxygen atoms in total. The SMILES string of the molecule is CCC(CC)N1C(=O)CC(Nc2ccc(F)c(Cl)c2)C1=O. The number of rotatable bonds is 5. The third-order valence-corrected chi connectivity index (χ3v) is 4.04. The highest BCUT2D eigenvalue weighted by Crippen LogP contribution is 2.25. The molecule has 1 heterocycles.